The molecule has 0 aromatic carbocycles. The summed E-state index contributed by atoms with van der Waals surface area (Å²) in [6.07, 6.45) is 12.0. The summed E-state index contributed by atoms with van der Waals surface area (Å²) in [6, 6.07) is 0. The number of rotatable bonds is 2. The Hall–Kier alpha value is -0.260. The number of hydrogen-bond donors (Lipinski definition) is 0. The van der Waals surface area contributed by atoms with Crippen LogP contribution in [0.5, 0.6) is 0 Å². The van der Waals surface area contributed by atoms with Crippen LogP contribution in [0.3, 0.4) is 0 Å². The molecule has 64 valence electrons. The van der Waals surface area contributed by atoms with Crippen LogP contribution < -0.4 is 0 Å². The van der Waals surface area contributed by atoms with Gasteiger partial charge in [0.05, 0.1) is 0 Å². The minimum atomic E-state index is 0.733. The molecule has 1 rings (SSSR count). The molecular formula is C11H20. The summed E-state index contributed by atoms with van der Waals surface area (Å²) < 4.78 is 0. The molecule has 0 unspecified atom stereocenters. The zero-order valence-corrected chi connectivity index (χ0v) is 7.84. The molecule has 0 nitrogen and oxygen atoms in total. The van der Waals surface area contributed by atoms with Crippen molar-refractivity contribution in [3.8, 4) is 0 Å². The molecule has 0 bridgehead atoms. The molecule has 0 aliphatic heterocycles. The van der Waals surface area contributed by atoms with Crippen molar-refractivity contribution in [2.45, 2.75) is 46.0 Å². The van der Waals surface area contributed by atoms with Crippen LogP contribution in [0.1, 0.15) is 46.0 Å². The van der Waals surface area contributed by atoms with E-state index in [2.05, 4.69) is 26.0 Å². The predicted octanol–water partition coefficient (Wildman–Crippen LogP) is 3.78. The molecule has 0 amide bonds. The first-order valence-electron chi connectivity index (χ1n) is 4.97. The van der Waals surface area contributed by atoms with Gasteiger partial charge in [0.2, 0.25) is 0 Å². The maximum Gasteiger partial charge on any atom is -0.0233 e. The van der Waals surface area contributed by atoms with Crippen molar-refractivity contribution in [2.75, 3.05) is 0 Å². The maximum atomic E-state index is 2.43. The van der Waals surface area contributed by atoms with E-state index < -0.39 is 0 Å². The molecule has 1 fully saturated rings. The predicted molar refractivity (Wildman–Crippen MR) is 50.6 cm³/mol. The minimum Gasteiger partial charge on any atom is -0.0857 e. The van der Waals surface area contributed by atoms with Crippen molar-refractivity contribution >= 4 is 0 Å². The first kappa shape index (κ1) is 8.83. The molecule has 11 heavy (non-hydrogen) atoms. The van der Waals surface area contributed by atoms with Gasteiger partial charge in [-0.1, -0.05) is 45.3 Å². The van der Waals surface area contributed by atoms with Crippen molar-refractivity contribution in [1.29, 1.82) is 0 Å². The van der Waals surface area contributed by atoms with E-state index >= 15 is 0 Å². The first-order chi connectivity index (χ1) is 5.29. The summed E-state index contributed by atoms with van der Waals surface area (Å²) in [4.78, 5) is 0. The van der Waals surface area contributed by atoms with Gasteiger partial charge in [-0.15, -0.1) is 0 Å². The molecule has 1 aliphatic carbocycles. The number of allylic oxidation sites excluding steroid dienone is 2. The third kappa shape index (κ3) is 3.60. The van der Waals surface area contributed by atoms with Crippen LogP contribution in [0, 0.1) is 11.8 Å². The van der Waals surface area contributed by atoms with E-state index in [-0.39, 0.29) is 0 Å². The molecule has 0 aromatic rings. The third-order valence-corrected chi connectivity index (χ3v) is 2.42. The van der Waals surface area contributed by atoms with Gasteiger partial charge in [-0.2, -0.15) is 0 Å². The highest BCUT2D eigenvalue weighted by atomic mass is 14.1. The molecule has 0 heteroatoms. The zero-order chi connectivity index (χ0) is 8.10. The van der Waals surface area contributed by atoms with Crippen LogP contribution in [-0.2, 0) is 0 Å². The van der Waals surface area contributed by atoms with Gasteiger partial charge in [0.25, 0.3) is 0 Å². The Bertz CT molecular complexity index is 116. The SMILES string of the molecule is CC(C)/C=C\C1CCCCC1. The first-order valence-corrected chi connectivity index (χ1v) is 4.97. The van der Waals surface area contributed by atoms with Gasteiger partial charge in [-0.05, 0) is 24.7 Å². The Kier molecular flexibility index (Phi) is 3.68. The smallest absolute Gasteiger partial charge is 0.0233 e. The van der Waals surface area contributed by atoms with E-state index in [1.165, 1.54) is 32.1 Å². The summed E-state index contributed by atoms with van der Waals surface area (Å²) >= 11 is 0. The van der Waals surface area contributed by atoms with Crippen LogP contribution in [0.2, 0.25) is 0 Å². The lowest BCUT2D eigenvalue weighted by Crippen LogP contribution is -2.02. The molecule has 1 aliphatic rings. The van der Waals surface area contributed by atoms with E-state index in [4.69, 9.17) is 0 Å². The maximum absolute atomic E-state index is 2.43. The highest BCUT2D eigenvalue weighted by molar-refractivity contribution is 4.91. The fourth-order valence-electron chi connectivity index (χ4n) is 1.71. The lowest BCUT2D eigenvalue weighted by Gasteiger charge is -2.17. The average molecular weight is 152 g/mol. The average Bonchev–Trinajstić information content (AvgIpc) is 2.03. The second kappa shape index (κ2) is 4.58. The van der Waals surface area contributed by atoms with Gasteiger partial charge in [-0.3, -0.25) is 0 Å². The second-order valence-electron chi connectivity index (χ2n) is 4.03. The van der Waals surface area contributed by atoms with Crippen molar-refractivity contribution < 1.29 is 0 Å². The van der Waals surface area contributed by atoms with Crippen LogP contribution in [0.25, 0.3) is 0 Å². The summed E-state index contributed by atoms with van der Waals surface area (Å²) in [7, 11) is 0. The van der Waals surface area contributed by atoms with Crippen molar-refractivity contribution in [3.05, 3.63) is 12.2 Å². The summed E-state index contributed by atoms with van der Waals surface area (Å²) in [5, 5.41) is 0. The Morgan fingerprint density at radius 2 is 1.73 bits per heavy atom. The molecule has 0 spiro atoms. The lowest BCUT2D eigenvalue weighted by molar-refractivity contribution is 0.418. The molecular weight excluding hydrogens is 132 g/mol. The quantitative estimate of drug-likeness (QED) is 0.528. The molecule has 1 saturated carbocycles. The Labute approximate surface area is 70.7 Å². The fourth-order valence-corrected chi connectivity index (χ4v) is 1.71. The zero-order valence-electron chi connectivity index (χ0n) is 7.84. The Balaban J connectivity index is 2.23. The highest BCUT2D eigenvalue weighted by Gasteiger charge is 2.09. The van der Waals surface area contributed by atoms with Crippen molar-refractivity contribution in [2.24, 2.45) is 11.8 Å². The van der Waals surface area contributed by atoms with Gasteiger partial charge in [0, 0.05) is 0 Å². The molecule has 0 N–H and O–H groups in total. The molecule has 0 atom stereocenters. The molecule has 0 radical (unpaired) electrons. The van der Waals surface area contributed by atoms with Crippen LogP contribution in [0.15, 0.2) is 12.2 Å². The third-order valence-electron chi connectivity index (χ3n) is 2.42. The van der Waals surface area contributed by atoms with Gasteiger partial charge in [0.1, 0.15) is 0 Å². The summed E-state index contributed by atoms with van der Waals surface area (Å²) in [5.74, 6) is 1.64. The van der Waals surface area contributed by atoms with Crippen molar-refractivity contribution in [3.63, 3.8) is 0 Å². The van der Waals surface area contributed by atoms with Gasteiger partial charge in [0.15, 0.2) is 0 Å². The van der Waals surface area contributed by atoms with Crippen LogP contribution >= 0.6 is 0 Å². The van der Waals surface area contributed by atoms with Gasteiger partial charge >= 0.3 is 0 Å². The van der Waals surface area contributed by atoms with Crippen molar-refractivity contribution in [1.82, 2.24) is 0 Å². The normalized spacial score (nSPS) is 21.7. The van der Waals surface area contributed by atoms with E-state index in [9.17, 15) is 0 Å². The van der Waals surface area contributed by atoms with E-state index in [0.29, 0.717) is 0 Å². The monoisotopic (exact) mass is 152 g/mol. The van der Waals surface area contributed by atoms with E-state index in [1.54, 1.807) is 0 Å². The van der Waals surface area contributed by atoms with E-state index in [0.717, 1.165) is 11.8 Å². The largest absolute Gasteiger partial charge is 0.0857 e. The van der Waals surface area contributed by atoms with Gasteiger partial charge < -0.3 is 0 Å². The molecule has 0 aromatic heterocycles. The van der Waals surface area contributed by atoms with Crippen LogP contribution in [-0.4, -0.2) is 0 Å². The van der Waals surface area contributed by atoms with Crippen LogP contribution in [0.4, 0.5) is 0 Å². The molecule has 0 heterocycles. The topological polar surface area (TPSA) is 0 Å². The second-order valence-corrected chi connectivity index (χ2v) is 4.03. The molecule has 0 saturated heterocycles. The Morgan fingerprint density at radius 1 is 1.09 bits per heavy atom. The number of hydrogen-bond acceptors (Lipinski definition) is 0. The summed E-state index contributed by atoms with van der Waals surface area (Å²) in [6.45, 7) is 4.50. The van der Waals surface area contributed by atoms with Gasteiger partial charge in [-0.25, -0.2) is 0 Å². The summed E-state index contributed by atoms with van der Waals surface area (Å²) in [5.41, 5.74) is 0. The lowest BCUT2D eigenvalue weighted by atomic mass is 9.88. The highest BCUT2D eigenvalue weighted by Crippen LogP contribution is 2.24. The fraction of sp³-hybridized carbons (Fsp3) is 0.818. The standard InChI is InChI=1S/C11H20/c1-10(2)8-9-11-6-4-3-5-7-11/h8-11H,3-7H2,1-2H3/b9-8-. The minimum absolute atomic E-state index is 0.733. The Morgan fingerprint density at radius 3 is 2.27 bits per heavy atom. The van der Waals surface area contributed by atoms with E-state index in [1.807, 2.05) is 0 Å².